The van der Waals surface area contributed by atoms with Crippen molar-refractivity contribution in [2.75, 3.05) is 11.1 Å². The van der Waals surface area contributed by atoms with Crippen molar-refractivity contribution in [1.82, 2.24) is 9.78 Å². The fourth-order valence-corrected chi connectivity index (χ4v) is 2.86. The zero-order valence-electron chi connectivity index (χ0n) is 12.0. The lowest BCUT2D eigenvalue weighted by Crippen LogP contribution is -1.97. The summed E-state index contributed by atoms with van der Waals surface area (Å²) in [7, 11) is 1.90. The number of rotatable bonds is 5. The van der Waals surface area contributed by atoms with Gasteiger partial charge in [0.05, 0.1) is 22.6 Å². The van der Waals surface area contributed by atoms with E-state index in [0.29, 0.717) is 5.56 Å². The number of anilines is 2. The van der Waals surface area contributed by atoms with Gasteiger partial charge in [0.1, 0.15) is 6.07 Å². The molecule has 0 aliphatic heterocycles. The van der Waals surface area contributed by atoms with Crippen LogP contribution in [0.15, 0.2) is 29.3 Å². The van der Waals surface area contributed by atoms with Gasteiger partial charge < -0.3 is 5.32 Å². The van der Waals surface area contributed by atoms with Crippen LogP contribution in [-0.2, 0) is 13.5 Å². The zero-order valence-corrected chi connectivity index (χ0v) is 12.8. The highest BCUT2D eigenvalue weighted by atomic mass is 32.2. The maximum absolute atomic E-state index is 9.41. The SMILES string of the molecule is CCSc1cccc(Nc2cn(C)nc2CC)c1C#N. The second kappa shape index (κ2) is 6.49. The highest BCUT2D eigenvalue weighted by Gasteiger charge is 2.11. The van der Waals surface area contributed by atoms with Gasteiger partial charge in [0.25, 0.3) is 0 Å². The fourth-order valence-electron chi connectivity index (χ4n) is 2.07. The predicted molar refractivity (Wildman–Crippen MR) is 83.4 cm³/mol. The summed E-state index contributed by atoms with van der Waals surface area (Å²) >= 11 is 1.68. The number of nitrogens with zero attached hydrogens (tertiary/aromatic N) is 3. The highest BCUT2D eigenvalue weighted by Crippen LogP contribution is 2.30. The van der Waals surface area contributed by atoms with Gasteiger partial charge in [0, 0.05) is 18.1 Å². The molecular weight excluding hydrogens is 268 g/mol. The quantitative estimate of drug-likeness (QED) is 0.851. The van der Waals surface area contributed by atoms with Gasteiger partial charge in [-0.25, -0.2) is 0 Å². The molecule has 5 heteroatoms. The minimum absolute atomic E-state index is 0.699. The van der Waals surface area contributed by atoms with Crippen molar-refractivity contribution in [3.63, 3.8) is 0 Å². The van der Waals surface area contributed by atoms with E-state index in [1.54, 1.807) is 16.4 Å². The molecule has 2 rings (SSSR count). The lowest BCUT2D eigenvalue weighted by molar-refractivity contribution is 0.746. The molecule has 1 N–H and O–H groups in total. The van der Waals surface area contributed by atoms with Gasteiger partial charge >= 0.3 is 0 Å². The molecule has 1 aromatic carbocycles. The summed E-state index contributed by atoms with van der Waals surface area (Å²) in [5.74, 6) is 0.950. The molecule has 0 aliphatic carbocycles. The van der Waals surface area contributed by atoms with Crippen LogP contribution in [0, 0.1) is 11.3 Å². The Balaban J connectivity index is 2.38. The number of hydrogen-bond donors (Lipinski definition) is 1. The minimum atomic E-state index is 0.699. The van der Waals surface area contributed by atoms with E-state index in [-0.39, 0.29) is 0 Å². The minimum Gasteiger partial charge on any atom is -0.352 e. The Kier molecular flexibility index (Phi) is 4.70. The van der Waals surface area contributed by atoms with Gasteiger partial charge in [-0.05, 0) is 24.3 Å². The maximum Gasteiger partial charge on any atom is 0.103 e. The van der Waals surface area contributed by atoms with Crippen molar-refractivity contribution in [3.05, 3.63) is 35.7 Å². The Morgan fingerprint density at radius 3 is 2.80 bits per heavy atom. The van der Waals surface area contributed by atoms with Crippen molar-refractivity contribution in [3.8, 4) is 6.07 Å². The van der Waals surface area contributed by atoms with Crippen LogP contribution in [0.2, 0.25) is 0 Å². The summed E-state index contributed by atoms with van der Waals surface area (Å²) in [5, 5.41) is 17.2. The number of aryl methyl sites for hydroxylation is 2. The third-order valence-electron chi connectivity index (χ3n) is 2.95. The molecule has 0 amide bonds. The zero-order chi connectivity index (χ0) is 14.5. The second-order valence-corrected chi connectivity index (χ2v) is 5.67. The van der Waals surface area contributed by atoms with Crippen LogP contribution in [0.25, 0.3) is 0 Å². The number of nitrogens with one attached hydrogen (secondary N) is 1. The number of aromatic nitrogens is 2. The van der Waals surface area contributed by atoms with E-state index in [9.17, 15) is 5.26 Å². The van der Waals surface area contributed by atoms with Crippen molar-refractivity contribution in [2.24, 2.45) is 7.05 Å². The van der Waals surface area contributed by atoms with Crippen molar-refractivity contribution < 1.29 is 0 Å². The first kappa shape index (κ1) is 14.5. The number of thioether (sulfide) groups is 1. The summed E-state index contributed by atoms with van der Waals surface area (Å²) in [6, 6.07) is 8.20. The van der Waals surface area contributed by atoms with Gasteiger partial charge in [-0.1, -0.05) is 19.9 Å². The first-order valence-corrected chi connectivity index (χ1v) is 7.63. The molecule has 0 atom stereocenters. The number of hydrogen-bond acceptors (Lipinski definition) is 4. The van der Waals surface area contributed by atoms with E-state index < -0.39 is 0 Å². The van der Waals surface area contributed by atoms with Crippen LogP contribution in [0.1, 0.15) is 25.1 Å². The van der Waals surface area contributed by atoms with Gasteiger partial charge in [-0.3, -0.25) is 4.68 Å². The van der Waals surface area contributed by atoms with Gasteiger partial charge in [-0.2, -0.15) is 10.4 Å². The summed E-state index contributed by atoms with van der Waals surface area (Å²) < 4.78 is 1.79. The van der Waals surface area contributed by atoms with Crippen LogP contribution in [0.4, 0.5) is 11.4 Å². The third kappa shape index (κ3) is 2.97. The van der Waals surface area contributed by atoms with Gasteiger partial charge in [0.15, 0.2) is 0 Å². The molecule has 4 nitrogen and oxygen atoms in total. The maximum atomic E-state index is 9.41. The van der Waals surface area contributed by atoms with Gasteiger partial charge in [0.2, 0.25) is 0 Å². The smallest absolute Gasteiger partial charge is 0.103 e. The van der Waals surface area contributed by atoms with E-state index in [2.05, 4.69) is 30.3 Å². The first-order valence-electron chi connectivity index (χ1n) is 6.65. The van der Waals surface area contributed by atoms with Crippen LogP contribution < -0.4 is 5.32 Å². The molecule has 104 valence electrons. The molecule has 0 bridgehead atoms. The molecule has 2 aromatic rings. The molecule has 0 spiro atoms. The normalized spacial score (nSPS) is 10.3. The molecular formula is C15H18N4S. The lowest BCUT2D eigenvalue weighted by Gasteiger charge is -2.10. The Hall–Kier alpha value is -1.93. The number of nitriles is 1. The first-order chi connectivity index (χ1) is 9.69. The molecule has 0 radical (unpaired) electrons. The average Bonchev–Trinajstić information content (AvgIpc) is 2.79. The van der Waals surface area contributed by atoms with Crippen LogP contribution in [0.5, 0.6) is 0 Å². The van der Waals surface area contributed by atoms with E-state index in [1.807, 2.05) is 31.4 Å². The fraction of sp³-hybridized carbons (Fsp3) is 0.333. The van der Waals surface area contributed by atoms with Crippen molar-refractivity contribution in [2.45, 2.75) is 25.2 Å². The van der Waals surface area contributed by atoms with Crippen LogP contribution in [-0.4, -0.2) is 15.5 Å². The predicted octanol–water partition coefficient (Wildman–Crippen LogP) is 3.71. The number of benzene rings is 1. The summed E-state index contributed by atoms with van der Waals surface area (Å²) in [6.45, 7) is 4.16. The van der Waals surface area contributed by atoms with Crippen molar-refractivity contribution in [1.29, 1.82) is 5.26 Å². The monoisotopic (exact) mass is 286 g/mol. The summed E-state index contributed by atoms with van der Waals surface area (Å²) in [4.78, 5) is 1.02. The Labute approximate surface area is 123 Å². The van der Waals surface area contributed by atoms with Gasteiger partial charge in [-0.15, -0.1) is 11.8 Å². The van der Waals surface area contributed by atoms with E-state index in [4.69, 9.17) is 0 Å². The molecule has 1 aromatic heterocycles. The molecule has 0 unspecified atom stereocenters. The van der Waals surface area contributed by atoms with Crippen molar-refractivity contribution >= 4 is 23.1 Å². The molecule has 1 heterocycles. The van der Waals surface area contributed by atoms with E-state index in [1.165, 1.54) is 0 Å². The molecule has 0 aliphatic rings. The second-order valence-electron chi connectivity index (χ2n) is 4.37. The summed E-state index contributed by atoms with van der Waals surface area (Å²) in [5.41, 5.74) is 3.51. The summed E-state index contributed by atoms with van der Waals surface area (Å²) in [6.07, 6.45) is 2.80. The van der Waals surface area contributed by atoms with Crippen LogP contribution in [0.3, 0.4) is 0 Å². The third-order valence-corrected chi connectivity index (χ3v) is 3.89. The Morgan fingerprint density at radius 2 is 2.15 bits per heavy atom. The largest absolute Gasteiger partial charge is 0.352 e. The van der Waals surface area contributed by atoms with E-state index >= 15 is 0 Å². The average molecular weight is 286 g/mol. The molecule has 0 fully saturated rings. The molecule has 20 heavy (non-hydrogen) atoms. The lowest BCUT2D eigenvalue weighted by atomic mass is 10.2. The highest BCUT2D eigenvalue weighted by molar-refractivity contribution is 7.99. The van der Waals surface area contributed by atoms with E-state index in [0.717, 1.165) is 34.1 Å². The van der Waals surface area contributed by atoms with Crippen LogP contribution >= 0.6 is 11.8 Å². The molecule has 0 saturated carbocycles. The Morgan fingerprint density at radius 1 is 1.35 bits per heavy atom. The molecule has 0 saturated heterocycles. The Bertz CT molecular complexity index is 640. The topological polar surface area (TPSA) is 53.6 Å². The standard InChI is InChI=1S/C15H18N4S/c1-4-12-14(10-19(3)18-12)17-13-7-6-8-15(20-5-2)11(13)9-16/h6-8,10,17H,4-5H2,1-3H3.